The molecule has 0 aliphatic heterocycles. The molecule has 2 aromatic carbocycles. The molecular formula is C14H10Cl3NO4S. The fraction of sp³-hybridized carbons (Fsp3) is 0.0714. The van der Waals surface area contributed by atoms with E-state index in [-0.39, 0.29) is 31.2 Å². The summed E-state index contributed by atoms with van der Waals surface area (Å²) in [4.78, 5) is 11.0. The van der Waals surface area contributed by atoms with E-state index in [0.29, 0.717) is 0 Å². The number of sulfonamides is 1. The molecular weight excluding hydrogens is 385 g/mol. The number of hydrogen-bond donors (Lipinski definition) is 2. The number of hydrogen-bond acceptors (Lipinski definition) is 3. The quantitative estimate of drug-likeness (QED) is 0.802. The Hall–Kier alpha value is -1.47. The van der Waals surface area contributed by atoms with E-state index in [0.717, 1.165) is 11.6 Å². The van der Waals surface area contributed by atoms with Crippen LogP contribution in [0.3, 0.4) is 0 Å². The Morgan fingerprint density at radius 2 is 1.74 bits per heavy atom. The fourth-order valence-corrected chi connectivity index (χ4v) is 3.89. The number of anilines is 1. The molecule has 0 saturated heterocycles. The van der Waals surface area contributed by atoms with Crippen LogP contribution in [0, 0.1) is 6.92 Å². The normalized spacial score (nSPS) is 11.3. The summed E-state index contributed by atoms with van der Waals surface area (Å²) in [7, 11) is -4.01. The number of carbonyl (C=O) groups is 1. The lowest BCUT2D eigenvalue weighted by molar-refractivity contribution is 0.0697. The van der Waals surface area contributed by atoms with E-state index in [1.54, 1.807) is 13.0 Å². The number of nitrogens with one attached hydrogen (secondary N) is 1. The first kappa shape index (κ1) is 17.9. The van der Waals surface area contributed by atoms with Gasteiger partial charge in [0, 0.05) is 0 Å². The third-order valence-electron chi connectivity index (χ3n) is 2.89. The molecule has 122 valence electrons. The topological polar surface area (TPSA) is 83.5 Å². The second kappa shape index (κ2) is 6.57. The van der Waals surface area contributed by atoms with Crippen LogP contribution < -0.4 is 4.72 Å². The largest absolute Gasteiger partial charge is 0.478 e. The van der Waals surface area contributed by atoms with E-state index < -0.39 is 16.0 Å². The van der Waals surface area contributed by atoms with E-state index in [4.69, 9.17) is 39.9 Å². The smallest absolute Gasteiger partial charge is 0.337 e. The number of carboxylic acid groups (broad SMARTS) is 1. The van der Waals surface area contributed by atoms with E-state index in [2.05, 4.69) is 4.72 Å². The molecule has 0 saturated carbocycles. The Morgan fingerprint density at radius 3 is 2.30 bits per heavy atom. The molecule has 2 aromatic rings. The maximum absolute atomic E-state index is 12.4. The standard InChI is InChI=1S/C14H10Cl3NO4S/c1-7-2-3-12(10(15)4-7)23(21,22)18-8-5-9(14(19)20)13(17)11(16)6-8/h2-6,18H,1H3,(H,19,20). The van der Waals surface area contributed by atoms with Crippen molar-refractivity contribution in [3.8, 4) is 0 Å². The summed E-state index contributed by atoms with van der Waals surface area (Å²) in [6.07, 6.45) is 0. The second-order valence-electron chi connectivity index (χ2n) is 4.66. The average Bonchev–Trinajstić information content (AvgIpc) is 2.41. The Morgan fingerprint density at radius 1 is 1.09 bits per heavy atom. The summed E-state index contributed by atoms with van der Waals surface area (Å²) in [5.74, 6) is -1.33. The van der Waals surface area contributed by atoms with Gasteiger partial charge in [-0.05, 0) is 36.8 Å². The van der Waals surface area contributed by atoms with Crippen LogP contribution in [-0.4, -0.2) is 19.5 Å². The molecule has 0 radical (unpaired) electrons. The summed E-state index contributed by atoms with van der Waals surface area (Å²) < 4.78 is 27.0. The molecule has 0 aliphatic rings. The van der Waals surface area contributed by atoms with Crippen molar-refractivity contribution < 1.29 is 18.3 Å². The van der Waals surface area contributed by atoms with Crippen LogP contribution in [0.2, 0.25) is 15.1 Å². The average molecular weight is 395 g/mol. The lowest BCUT2D eigenvalue weighted by Gasteiger charge is -2.12. The minimum atomic E-state index is -4.01. The number of rotatable bonds is 4. The predicted molar refractivity (Wildman–Crippen MR) is 90.4 cm³/mol. The highest BCUT2D eigenvalue weighted by atomic mass is 35.5. The lowest BCUT2D eigenvalue weighted by atomic mass is 10.2. The molecule has 0 spiro atoms. The fourth-order valence-electron chi connectivity index (χ4n) is 1.84. The zero-order chi connectivity index (χ0) is 17.4. The minimum Gasteiger partial charge on any atom is -0.478 e. The van der Waals surface area contributed by atoms with Crippen LogP contribution >= 0.6 is 34.8 Å². The monoisotopic (exact) mass is 393 g/mol. The third-order valence-corrected chi connectivity index (χ3v) is 5.55. The van der Waals surface area contributed by atoms with Crippen molar-refractivity contribution in [2.45, 2.75) is 11.8 Å². The van der Waals surface area contributed by atoms with Crippen LogP contribution in [0.4, 0.5) is 5.69 Å². The van der Waals surface area contributed by atoms with Crippen molar-refractivity contribution in [2.75, 3.05) is 4.72 Å². The second-order valence-corrected chi connectivity index (χ2v) is 7.51. The molecule has 9 heteroatoms. The third kappa shape index (κ3) is 3.90. The highest BCUT2D eigenvalue weighted by Crippen LogP contribution is 2.32. The highest BCUT2D eigenvalue weighted by molar-refractivity contribution is 7.92. The first-order chi connectivity index (χ1) is 10.6. The number of halogens is 3. The SMILES string of the molecule is Cc1ccc(S(=O)(=O)Nc2cc(Cl)c(Cl)c(C(=O)O)c2)c(Cl)c1. The maximum atomic E-state index is 12.4. The van der Waals surface area contributed by atoms with Gasteiger partial charge in [0.05, 0.1) is 26.3 Å². The molecule has 0 aliphatic carbocycles. The molecule has 2 rings (SSSR count). The van der Waals surface area contributed by atoms with Crippen molar-refractivity contribution in [1.29, 1.82) is 0 Å². The van der Waals surface area contributed by atoms with Crippen molar-refractivity contribution >= 4 is 56.5 Å². The van der Waals surface area contributed by atoms with Gasteiger partial charge in [0.1, 0.15) is 4.90 Å². The van der Waals surface area contributed by atoms with E-state index >= 15 is 0 Å². The Labute approximate surface area is 147 Å². The number of aromatic carboxylic acids is 1. The molecule has 0 amide bonds. The van der Waals surface area contributed by atoms with Crippen molar-refractivity contribution in [3.63, 3.8) is 0 Å². The van der Waals surface area contributed by atoms with Crippen LogP contribution in [0.5, 0.6) is 0 Å². The van der Waals surface area contributed by atoms with E-state index in [9.17, 15) is 13.2 Å². The van der Waals surface area contributed by atoms with Gasteiger partial charge >= 0.3 is 5.97 Å². The predicted octanol–water partition coefficient (Wildman–Crippen LogP) is 4.45. The van der Waals surface area contributed by atoms with Crippen molar-refractivity contribution in [2.24, 2.45) is 0 Å². The summed E-state index contributed by atoms with van der Waals surface area (Å²) in [6, 6.07) is 6.76. The van der Waals surface area contributed by atoms with Crippen molar-refractivity contribution in [1.82, 2.24) is 0 Å². The zero-order valence-electron chi connectivity index (χ0n) is 11.6. The van der Waals surface area contributed by atoms with Crippen LogP contribution in [0.1, 0.15) is 15.9 Å². The Kier molecular flexibility index (Phi) is 5.10. The molecule has 0 fully saturated rings. The van der Waals surface area contributed by atoms with Crippen molar-refractivity contribution in [3.05, 3.63) is 56.5 Å². The zero-order valence-corrected chi connectivity index (χ0v) is 14.7. The molecule has 0 unspecified atom stereocenters. The summed E-state index contributed by atoms with van der Waals surface area (Å²) in [5, 5.41) is 8.86. The van der Waals surface area contributed by atoms with Gasteiger partial charge in [-0.1, -0.05) is 40.9 Å². The summed E-state index contributed by atoms with van der Waals surface area (Å²) in [5.41, 5.74) is 0.456. The number of carboxylic acids is 1. The van der Waals surface area contributed by atoms with Crippen LogP contribution in [0.15, 0.2) is 35.2 Å². The minimum absolute atomic E-state index is 0.0339. The first-order valence-corrected chi connectivity index (χ1v) is 8.75. The molecule has 0 aromatic heterocycles. The van der Waals surface area contributed by atoms with Gasteiger partial charge in [-0.15, -0.1) is 0 Å². The molecule has 5 nitrogen and oxygen atoms in total. The molecule has 0 heterocycles. The van der Waals surface area contributed by atoms with Gasteiger partial charge < -0.3 is 5.11 Å². The molecule has 0 bridgehead atoms. The Bertz CT molecular complexity index is 897. The van der Waals surface area contributed by atoms with Gasteiger partial charge in [0.15, 0.2) is 0 Å². The number of aryl methyl sites for hydroxylation is 1. The van der Waals surface area contributed by atoms with Crippen LogP contribution in [-0.2, 0) is 10.0 Å². The summed E-state index contributed by atoms with van der Waals surface area (Å²) in [6.45, 7) is 1.77. The molecule has 23 heavy (non-hydrogen) atoms. The lowest BCUT2D eigenvalue weighted by Crippen LogP contribution is -2.14. The number of benzene rings is 2. The van der Waals surface area contributed by atoms with Gasteiger partial charge in [-0.3, -0.25) is 4.72 Å². The van der Waals surface area contributed by atoms with Crippen LogP contribution in [0.25, 0.3) is 0 Å². The van der Waals surface area contributed by atoms with Gasteiger partial charge in [0.25, 0.3) is 10.0 Å². The highest BCUT2D eigenvalue weighted by Gasteiger charge is 2.20. The molecule has 0 atom stereocenters. The van der Waals surface area contributed by atoms with E-state index in [1.807, 2.05) is 0 Å². The first-order valence-electron chi connectivity index (χ1n) is 6.13. The van der Waals surface area contributed by atoms with Gasteiger partial charge in [-0.2, -0.15) is 0 Å². The van der Waals surface area contributed by atoms with E-state index in [1.165, 1.54) is 18.2 Å². The molecule has 2 N–H and O–H groups in total. The summed E-state index contributed by atoms with van der Waals surface area (Å²) >= 11 is 17.6. The van der Waals surface area contributed by atoms with Gasteiger partial charge in [0.2, 0.25) is 0 Å². The van der Waals surface area contributed by atoms with Gasteiger partial charge in [-0.25, -0.2) is 13.2 Å². The maximum Gasteiger partial charge on any atom is 0.337 e. The Balaban J connectivity index is 2.47.